The van der Waals surface area contributed by atoms with E-state index in [0.29, 0.717) is 6.54 Å². The molecule has 5 heteroatoms. The van der Waals surface area contributed by atoms with Crippen LogP contribution in [0.1, 0.15) is 34.8 Å². The molecule has 0 radical (unpaired) electrons. The normalized spacial score (nSPS) is 17.8. The molecule has 0 N–H and O–H groups in total. The lowest BCUT2D eigenvalue weighted by atomic mass is 10.0. The van der Waals surface area contributed by atoms with Crippen LogP contribution in [-0.2, 0) is 0 Å². The number of benzene rings is 2. The summed E-state index contributed by atoms with van der Waals surface area (Å²) < 4.78 is 26.6. The van der Waals surface area contributed by atoms with Crippen molar-refractivity contribution in [1.82, 2.24) is 4.90 Å². The molecule has 0 saturated carbocycles. The molecule has 22 heavy (non-hydrogen) atoms. The zero-order chi connectivity index (χ0) is 15.7. The van der Waals surface area contributed by atoms with Crippen LogP contribution in [0.3, 0.4) is 0 Å². The van der Waals surface area contributed by atoms with Gasteiger partial charge >= 0.3 is 0 Å². The summed E-state index contributed by atoms with van der Waals surface area (Å²) in [4.78, 5) is 14.3. The second-order valence-electron chi connectivity index (χ2n) is 5.31. The van der Waals surface area contributed by atoms with Gasteiger partial charge in [-0.05, 0) is 30.5 Å². The van der Waals surface area contributed by atoms with Gasteiger partial charge in [0.2, 0.25) is 0 Å². The molecule has 1 saturated heterocycles. The topological polar surface area (TPSA) is 20.3 Å². The Hall–Kier alpha value is -1.94. The highest BCUT2D eigenvalue weighted by Gasteiger charge is 2.31. The van der Waals surface area contributed by atoms with Crippen LogP contribution in [0.25, 0.3) is 0 Å². The number of amides is 1. The number of carbonyl (C=O) groups excluding carboxylic acids is 1. The molecular weight excluding hydrogens is 308 g/mol. The van der Waals surface area contributed by atoms with Crippen molar-refractivity contribution in [2.24, 2.45) is 0 Å². The first-order valence-corrected chi connectivity index (χ1v) is 7.46. The van der Waals surface area contributed by atoms with Crippen LogP contribution >= 0.6 is 11.6 Å². The largest absolute Gasteiger partial charge is 0.332 e. The summed E-state index contributed by atoms with van der Waals surface area (Å²) in [5, 5.41) is -0.0670. The van der Waals surface area contributed by atoms with Crippen LogP contribution in [0.15, 0.2) is 42.5 Å². The molecule has 1 atom stereocenters. The summed E-state index contributed by atoms with van der Waals surface area (Å²) in [5.74, 6) is -2.49. The molecule has 1 aliphatic heterocycles. The van der Waals surface area contributed by atoms with Gasteiger partial charge in [0.1, 0.15) is 0 Å². The molecule has 2 nitrogen and oxygen atoms in total. The molecule has 1 heterocycles. The summed E-state index contributed by atoms with van der Waals surface area (Å²) in [7, 11) is 0. The Morgan fingerprint density at radius 2 is 1.82 bits per heavy atom. The summed E-state index contributed by atoms with van der Waals surface area (Å²) in [6.07, 6.45) is 1.71. The van der Waals surface area contributed by atoms with Gasteiger partial charge in [-0.1, -0.05) is 41.9 Å². The number of nitrogens with zero attached hydrogens (tertiary/aromatic N) is 1. The average Bonchev–Trinajstić information content (AvgIpc) is 3.00. The van der Waals surface area contributed by atoms with Gasteiger partial charge < -0.3 is 4.90 Å². The van der Waals surface area contributed by atoms with E-state index in [2.05, 4.69) is 0 Å². The van der Waals surface area contributed by atoms with Gasteiger partial charge in [-0.25, -0.2) is 8.78 Å². The Balaban J connectivity index is 1.93. The highest BCUT2D eigenvalue weighted by Crippen LogP contribution is 2.34. The minimum atomic E-state index is -1.07. The predicted octanol–water partition coefficient (Wildman–Crippen LogP) is 4.60. The second-order valence-corrected chi connectivity index (χ2v) is 5.72. The highest BCUT2D eigenvalue weighted by atomic mass is 35.5. The quantitative estimate of drug-likeness (QED) is 0.740. The predicted molar refractivity (Wildman–Crippen MR) is 80.8 cm³/mol. The zero-order valence-corrected chi connectivity index (χ0v) is 12.5. The Bertz CT molecular complexity index is 705. The van der Waals surface area contributed by atoms with Gasteiger partial charge in [-0.2, -0.15) is 0 Å². The van der Waals surface area contributed by atoms with Crippen LogP contribution < -0.4 is 0 Å². The Kier molecular flexibility index (Phi) is 4.12. The number of halogens is 3. The van der Waals surface area contributed by atoms with Crippen LogP contribution in [0.5, 0.6) is 0 Å². The highest BCUT2D eigenvalue weighted by molar-refractivity contribution is 6.33. The van der Waals surface area contributed by atoms with Crippen molar-refractivity contribution in [2.45, 2.75) is 18.9 Å². The minimum Gasteiger partial charge on any atom is -0.332 e. The number of hydrogen-bond donors (Lipinski definition) is 0. The Labute approximate surface area is 132 Å². The van der Waals surface area contributed by atoms with Gasteiger partial charge in [0, 0.05) is 6.54 Å². The molecule has 1 aliphatic rings. The first kappa shape index (κ1) is 15.0. The lowest BCUT2D eigenvalue weighted by molar-refractivity contribution is 0.0735. The first-order valence-electron chi connectivity index (χ1n) is 7.08. The van der Waals surface area contributed by atoms with E-state index in [1.807, 2.05) is 30.3 Å². The maximum atomic E-state index is 13.4. The van der Waals surface area contributed by atoms with E-state index in [-0.39, 0.29) is 22.5 Å². The third-order valence-electron chi connectivity index (χ3n) is 3.94. The van der Waals surface area contributed by atoms with Crippen molar-refractivity contribution in [2.75, 3.05) is 6.54 Å². The summed E-state index contributed by atoms with van der Waals surface area (Å²) in [5.41, 5.74) is 1.04. The maximum Gasteiger partial charge on any atom is 0.255 e. The van der Waals surface area contributed by atoms with Crippen molar-refractivity contribution < 1.29 is 13.6 Å². The van der Waals surface area contributed by atoms with Crippen molar-refractivity contribution in [1.29, 1.82) is 0 Å². The fourth-order valence-electron chi connectivity index (χ4n) is 2.87. The van der Waals surface area contributed by atoms with Gasteiger partial charge in [0.25, 0.3) is 5.91 Å². The van der Waals surface area contributed by atoms with E-state index in [1.165, 1.54) is 0 Å². The van der Waals surface area contributed by atoms with Crippen molar-refractivity contribution in [3.05, 3.63) is 70.2 Å². The Morgan fingerprint density at radius 3 is 2.55 bits per heavy atom. The number of likely N-dealkylation sites (tertiary alicyclic amines) is 1. The van der Waals surface area contributed by atoms with E-state index in [4.69, 9.17) is 11.6 Å². The van der Waals surface area contributed by atoms with Gasteiger partial charge in [-0.15, -0.1) is 0 Å². The number of carbonyl (C=O) groups is 1. The van der Waals surface area contributed by atoms with Gasteiger partial charge in [0.05, 0.1) is 16.6 Å². The van der Waals surface area contributed by atoms with E-state index in [1.54, 1.807) is 4.90 Å². The number of hydrogen-bond acceptors (Lipinski definition) is 1. The van der Waals surface area contributed by atoms with Crippen LogP contribution in [0.4, 0.5) is 8.78 Å². The maximum absolute atomic E-state index is 13.4. The molecule has 0 aromatic heterocycles. The molecule has 1 amide bonds. The lowest BCUT2D eigenvalue weighted by Crippen LogP contribution is -2.30. The third-order valence-corrected chi connectivity index (χ3v) is 4.25. The monoisotopic (exact) mass is 321 g/mol. The van der Waals surface area contributed by atoms with Crippen LogP contribution in [-0.4, -0.2) is 17.4 Å². The van der Waals surface area contributed by atoms with E-state index in [0.717, 1.165) is 30.5 Å². The standard InChI is InChI=1S/C17H14ClF2NO/c18-13-10-15(20)14(19)9-12(13)17(22)21-8-4-7-16(21)11-5-2-1-3-6-11/h1-3,5-6,9-10,16H,4,7-8H2. The summed E-state index contributed by atoms with van der Waals surface area (Å²) >= 11 is 5.91. The van der Waals surface area contributed by atoms with Crippen LogP contribution in [0, 0.1) is 11.6 Å². The number of rotatable bonds is 2. The molecule has 2 aromatic carbocycles. The second kappa shape index (κ2) is 6.05. The van der Waals surface area contributed by atoms with E-state index >= 15 is 0 Å². The average molecular weight is 322 g/mol. The third kappa shape index (κ3) is 2.71. The van der Waals surface area contributed by atoms with Gasteiger partial charge in [0.15, 0.2) is 11.6 Å². The van der Waals surface area contributed by atoms with Gasteiger partial charge in [-0.3, -0.25) is 4.79 Å². The molecule has 0 spiro atoms. The van der Waals surface area contributed by atoms with Crippen molar-refractivity contribution in [3.63, 3.8) is 0 Å². The molecule has 1 unspecified atom stereocenters. The smallest absolute Gasteiger partial charge is 0.255 e. The molecule has 0 aliphatic carbocycles. The Morgan fingerprint density at radius 1 is 1.14 bits per heavy atom. The first-order chi connectivity index (χ1) is 10.6. The molecule has 0 bridgehead atoms. The fraction of sp³-hybridized carbons (Fsp3) is 0.235. The zero-order valence-electron chi connectivity index (χ0n) is 11.7. The van der Waals surface area contributed by atoms with Crippen molar-refractivity contribution >= 4 is 17.5 Å². The van der Waals surface area contributed by atoms with E-state index in [9.17, 15) is 13.6 Å². The molecule has 2 aromatic rings. The molecule has 1 fully saturated rings. The molecule has 114 valence electrons. The SMILES string of the molecule is O=C(c1cc(F)c(F)cc1Cl)N1CCCC1c1ccccc1. The summed E-state index contributed by atoms with van der Waals surface area (Å²) in [6.45, 7) is 0.577. The lowest BCUT2D eigenvalue weighted by Gasteiger charge is -2.25. The molecule has 3 rings (SSSR count). The fourth-order valence-corrected chi connectivity index (χ4v) is 3.10. The van der Waals surface area contributed by atoms with E-state index < -0.39 is 11.6 Å². The van der Waals surface area contributed by atoms with Crippen molar-refractivity contribution in [3.8, 4) is 0 Å². The summed E-state index contributed by atoms with van der Waals surface area (Å²) in [6, 6.07) is 11.3. The molecular formula is C17H14ClF2NO. The minimum absolute atomic E-state index is 0.00315. The van der Waals surface area contributed by atoms with Crippen LogP contribution in [0.2, 0.25) is 5.02 Å².